The number of nitrogens with zero attached hydrogens (tertiary/aromatic N) is 1. The summed E-state index contributed by atoms with van der Waals surface area (Å²) >= 11 is 5.23. The molecule has 0 N–H and O–H groups in total. The molecule has 10 heteroatoms. The SMILES string of the molecule is COc1nc(OC(F)(F)F)c(Cl)cc1C(F)(F)F. The Balaban J connectivity index is 3.27. The van der Waals surface area contributed by atoms with Crippen LogP contribution in [0.3, 0.4) is 0 Å². The van der Waals surface area contributed by atoms with Crippen LogP contribution in [0.4, 0.5) is 26.3 Å². The summed E-state index contributed by atoms with van der Waals surface area (Å²) in [4.78, 5) is 2.93. The fourth-order valence-corrected chi connectivity index (χ4v) is 1.19. The fourth-order valence-electron chi connectivity index (χ4n) is 0.996. The molecular weight excluding hydrogens is 292 g/mol. The van der Waals surface area contributed by atoms with E-state index in [0.717, 1.165) is 7.11 Å². The van der Waals surface area contributed by atoms with Crippen molar-refractivity contribution in [3.63, 3.8) is 0 Å². The van der Waals surface area contributed by atoms with Gasteiger partial charge in [-0.15, -0.1) is 13.2 Å². The first-order valence-electron chi connectivity index (χ1n) is 4.12. The second-order valence-corrected chi connectivity index (χ2v) is 3.28. The van der Waals surface area contributed by atoms with Gasteiger partial charge in [-0.3, -0.25) is 0 Å². The number of hydrogen-bond donors (Lipinski definition) is 0. The van der Waals surface area contributed by atoms with Crippen LogP contribution in [0.25, 0.3) is 0 Å². The predicted octanol–water partition coefficient (Wildman–Crippen LogP) is 3.66. The number of halogens is 7. The highest BCUT2D eigenvalue weighted by Gasteiger charge is 2.38. The van der Waals surface area contributed by atoms with Crippen LogP contribution in [0.5, 0.6) is 11.8 Å². The van der Waals surface area contributed by atoms with Crippen molar-refractivity contribution in [1.29, 1.82) is 0 Å². The molecule has 0 bridgehead atoms. The highest BCUT2D eigenvalue weighted by Crippen LogP contribution is 2.40. The van der Waals surface area contributed by atoms with E-state index < -0.39 is 34.9 Å². The third-order valence-electron chi connectivity index (χ3n) is 1.62. The molecule has 0 aliphatic rings. The number of pyridine rings is 1. The van der Waals surface area contributed by atoms with Gasteiger partial charge in [0.2, 0.25) is 11.8 Å². The van der Waals surface area contributed by atoms with Crippen LogP contribution in [0.1, 0.15) is 5.56 Å². The molecule has 0 spiro atoms. The summed E-state index contributed by atoms with van der Waals surface area (Å²) in [5.41, 5.74) is -1.40. The van der Waals surface area contributed by atoms with Crippen LogP contribution in [0.15, 0.2) is 6.07 Å². The third-order valence-corrected chi connectivity index (χ3v) is 1.89. The molecule has 0 atom stereocenters. The van der Waals surface area contributed by atoms with Gasteiger partial charge >= 0.3 is 12.5 Å². The molecule has 1 heterocycles. The first-order valence-corrected chi connectivity index (χ1v) is 4.50. The zero-order valence-electron chi connectivity index (χ0n) is 8.49. The minimum atomic E-state index is -5.12. The van der Waals surface area contributed by atoms with Gasteiger partial charge in [0.1, 0.15) is 10.6 Å². The molecule has 18 heavy (non-hydrogen) atoms. The van der Waals surface area contributed by atoms with Crippen molar-refractivity contribution in [3.05, 3.63) is 16.7 Å². The van der Waals surface area contributed by atoms with Gasteiger partial charge in [-0.2, -0.15) is 18.2 Å². The van der Waals surface area contributed by atoms with E-state index in [1.165, 1.54) is 0 Å². The molecule has 0 saturated carbocycles. The highest BCUT2D eigenvalue weighted by atomic mass is 35.5. The molecule has 0 fully saturated rings. The highest BCUT2D eigenvalue weighted by molar-refractivity contribution is 6.31. The number of methoxy groups -OCH3 is 1. The molecule has 0 aliphatic heterocycles. The molecule has 102 valence electrons. The third kappa shape index (κ3) is 3.56. The zero-order chi connectivity index (χ0) is 14.1. The van der Waals surface area contributed by atoms with Crippen molar-refractivity contribution in [3.8, 4) is 11.8 Å². The molecule has 1 rings (SSSR count). The molecule has 0 unspecified atom stereocenters. The van der Waals surface area contributed by atoms with E-state index in [-0.39, 0.29) is 6.07 Å². The lowest BCUT2D eigenvalue weighted by Gasteiger charge is -2.14. The van der Waals surface area contributed by atoms with E-state index in [1.54, 1.807) is 0 Å². The number of aromatic nitrogens is 1. The van der Waals surface area contributed by atoms with Crippen LogP contribution in [-0.2, 0) is 6.18 Å². The lowest BCUT2D eigenvalue weighted by molar-refractivity contribution is -0.276. The molecule has 0 aromatic carbocycles. The molecule has 0 amide bonds. The topological polar surface area (TPSA) is 31.4 Å². The Kier molecular flexibility index (Phi) is 3.84. The standard InChI is InChI=1S/C8H4ClF6NO2/c1-17-5-3(7(10,11)12)2-4(9)6(16-5)18-8(13,14)15/h2H,1H3. The summed E-state index contributed by atoms with van der Waals surface area (Å²) < 4.78 is 80.6. The Hall–Kier alpha value is -1.38. The van der Waals surface area contributed by atoms with E-state index in [4.69, 9.17) is 11.6 Å². The molecule has 0 saturated heterocycles. The van der Waals surface area contributed by atoms with Gasteiger partial charge in [0.05, 0.1) is 7.11 Å². The molecular formula is C8H4ClF6NO2. The Bertz CT molecular complexity index is 444. The van der Waals surface area contributed by atoms with Gasteiger partial charge in [0.25, 0.3) is 0 Å². The van der Waals surface area contributed by atoms with Gasteiger partial charge < -0.3 is 9.47 Å². The lowest BCUT2D eigenvalue weighted by Crippen LogP contribution is -2.19. The van der Waals surface area contributed by atoms with Gasteiger partial charge in [0.15, 0.2) is 0 Å². The Morgan fingerprint density at radius 3 is 2.06 bits per heavy atom. The summed E-state index contributed by atoms with van der Waals surface area (Å²) in [6.07, 6.45) is -9.99. The number of hydrogen-bond acceptors (Lipinski definition) is 3. The molecule has 3 nitrogen and oxygen atoms in total. The van der Waals surface area contributed by atoms with Gasteiger partial charge in [-0.25, -0.2) is 0 Å². The van der Waals surface area contributed by atoms with Crippen molar-refractivity contribution in [2.75, 3.05) is 7.11 Å². The Morgan fingerprint density at radius 1 is 1.11 bits per heavy atom. The average molecular weight is 296 g/mol. The summed E-state index contributed by atoms with van der Waals surface area (Å²) in [5, 5.41) is -0.930. The maximum atomic E-state index is 12.4. The summed E-state index contributed by atoms with van der Waals surface area (Å²) in [6, 6.07) is 0.245. The maximum absolute atomic E-state index is 12.4. The number of alkyl halides is 6. The predicted molar refractivity (Wildman–Crippen MR) is 47.5 cm³/mol. The van der Waals surface area contributed by atoms with Crippen molar-refractivity contribution >= 4 is 11.6 Å². The van der Waals surface area contributed by atoms with Crippen molar-refractivity contribution < 1.29 is 35.8 Å². The normalized spacial score (nSPS) is 12.4. The van der Waals surface area contributed by atoms with E-state index >= 15 is 0 Å². The van der Waals surface area contributed by atoms with Gasteiger partial charge in [-0.05, 0) is 6.07 Å². The van der Waals surface area contributed by atoms with Crippen LogP contribution in [0, 0.1) is 0 Å². The Labute approximate surface area is 101 Å². The monoisotopic (exact) mass is 295 g/mol. The van der Waals surface area contributed by atoms with Crippen LogP contribution in [0.2, 0.25) is 5.02 Å². The molecule has 1 aromatic heterocycles. The average Bonchev–Trinajstić information content (AvgIpc) is 2.17. The van der Waals surface area contributed by atoms with E-state index in [0.29, 0.717) is 0 Å². The fraction of sp³-hybridized carbons (Fsp3) is 0.375. The van der Waals surface area contributed by atoms with Crippen LogP contribution >= 0.6 is 11.6 Å². The first-order chi connectivity index (χ1) is 8.04. The first kappa shape index (κ1) is 14.7. The summed E-state index contributed by atoms with van der Waals surface area (Å²) in [6.45, 7) is 0. The second-order valence-electron chi connectivity index (χ2n) is 2.88. The van der Waals surface area contributed by atoms with Gasteiger partial charge in [0, 0.05) is 0 Å². The largest absolute Gasteiger partial charge is 0.574 e. The van der Waals surface area contributed by atoms with Crippen LogP contribution < -0.4 is 9.47 Å². The van der Waals surface area contributed by atoms with Crippen molar-refractivity contribution in [1.82, 2.24) is 4.98 Å². The summed E-state index contributed by atoms with van der Waals surface area (Å²) in [7, 11) is 0.822. The quantitative estimate of drug-likeness (QED) is 0.780. The number of ether oxygens (including phenoxy) is 2. The maximum Gasteiger partial charge on any atom is 0.574 e. The van der Waals surface area contributed by atoms with Crippen molar-refractivity contribution in [2.24, 2.45) is 0 Å². The summed E-state index contributed by atoms with van der Waals surface area (Å²) in [5.74, 6) is -2.28. The van der Waals surface area contributed by atoms with E-state index in [9.17, 15) is 26.3 Å². The van der Waals surface area contributed by atoms with Crippen molar-refractivity contribution in [2.45, 2.75) is 12.5 Å². The second kappa shape index (κ2) is 4.71. The van der Waals surface area contributed by atoms with E-state index in [1.807, 2.05) is 0 Å². The Morgan fingerprint density at radius 2 is 1.67 bits per heavy atom. The van der Waals surface area contributed by atoms with Gasteiger partial charge in [-0.1, -0.05) is 11.6 Å². The number of rotatable bonds is 2. The lowest BCUT2D eigenvalue weighted by atomic mass is 10.2. The van der Waals surface area contributed by atoms with Crippen LogP contribution in [-0.4, -0.2) is 18.5 Å². The molecule has 0 radical (unpaired) electrons. The zero-order valence-corrected chi connectivity index (χ0v) is 9.24. The molecule has 0 aliphatic carbocycles. The minimum Gasteiger partial charge on any atom is -0.480 e. The van der Waals surface area contributed by atoms with E-state index in [2.05, 4.69) is 14.5 Å². The molecule has 1 aromatic rings. The minimum absolute atomic E-state index is 0.245. The smallest absolute Gasteiger partial charge is 0.480 e.